The molecule has 0 unspecified atom stereocenters. The highest BCUT2D eigenvalue weighted by atomic mass is 19.4. The minimum absolute atomic E-state index is 0.206. The highest BCUT2D eigenvalue weighted by Crippen LogP contribution is 2.42. The van der Waals surface area contributed by atoms with E-state index in [4.69, 9.17) is 4.42 Å². The number of halogens is 3. The van der Waals surface area contributed by atoms with Crippen molar-refractivity contribution >= 4 is 29.3 Å². The zero-order chi connectivity index (χ0) is 29.5. The molecule has 3 fully saturated rings. The van der Waals surface area contributed by atoms with E-state index in [0.717, 1.165) is 38.6 Å². The highest BCUT2D eigenvalue weighted by Gasteiger charge is 2.47. The summed E-state index contributed by atoms with van der Waals surface area (Å²) in [5.74, 6) is -0.731. The zero-order valence-corrected chi connectivity index (χ0v) is 23.4. The number of nitrogens with one attached hydrogen (secondary N) is 1. The van der Waals surface area contributed by atoms with Gasteiger partial charge in [-0.1, -0.05) is 30.3 Å². The lowest BCUT2D eigenvalue weighted by Gasteiger charge is -2.38. The van der Waals surface area contributed by atoms with Crippen molar-refractivity contribution in [2.45, 2.75) is 44.2 Å². The molecule has 0 saturated carbocycles. The number of aromatic nitrogens is 2. The van der Waals surface area contributed by atoms with E-state index in [0.29, 0.717) is 37.9 Å². The van der Waals surface area contributed by atoms with E-state index >= 15 is 0 Å². The summed E-state index contributed by atoms with van der Waals surface area (Å²) in [6.07, 6.45) is 0.370. The second-order valence-electron chi connectivity index (χ2n) is 11.4. The molecular formula is C30H33F3N6O3. The highest BCUT2D eigenvalue weighted by molar-refractivity contribution is 6.03. The van der Waals surface area contributed by atoms with Crippen LogP contribution in [0.3, 0.4) is 0 Å². The molecule has 9 nitrogen and oxygen atoms in total. The molecule has 0 aliphatic carbocycles. The number of hydrogen-bond acceptors (Lipinski definition) is 7. The van der Waals surface area contributed by atoms with Crippen molar-refractivity contribution in [2.24, 2.45) is 5.41 Å². The molecule has 3 aromatic rings. The number of alkyl halides is 3. The summed E-state index contributed by atoms with van der Waals surface area (Å²) in [5, 5.41) is 2.47. The van der Waals surface area contributed by atoms with E-state index in [1.54, 1.807) is 21.9 Å². The van der Waals surface area contributed by atoms with Gasteiger partial charge in [-0.3, -0.25) is 9.59 Å². The molecule has 2 aromatic heterocycles. The fourth-order valence-corrected chi connectivity index (χ4v) is 6.38. The summed E-state index contributed by atoms with van der Waals surface area (Å²) in [6, 6.07) is 13.1. The van der Waals surface area contributed by atoms with Crippen LogP contribution in [0.2, 0.25) is 0 Å². The topological polar surface area (TPSA) is 94.8 Å². The lowest BCUT2D eigenvalue weighted by Crippen LogP contribution is -2.44. The van der Waals surface area contributed by atoms with Gasteiger partial charge in [0.05, 0.1) is 17.3 Å². The molecule has 222 valence electrons. The van der Waals surface area contributed by atoms with Crippen molar-refractivity contribution in [3.63, 3.8) is 0 Å². The number of likely N-dealkylation sites (tertiary alicyclic amines) is 1. The summed E-state index contributed by atoms with van der Waals surface area (Å²) in [4.78, 5) is 39.2. The van der Waals surface area contributed by atoms with Gasteiger partial charge in [-0.25, -0.2) is 4.98 Å². The fraction of sp³-hybridized carbons (Fsp3) is 0.467. The van der Waals surface area contributed by atoms with Gasteiger partial charge in [0.1, 0.15) is 5.82 Å². The first kappa shape index (κ1) is 28.0. The predicted molar refractivity (Wildman–Crippen MR) is 150 cm³/mol. The minimum Gasteiger partial charge on any atom is -0.417 e. The van der Waals surface area contributed by atoms with Crippen molar-refractivity contribution < 1.29 is 27.2 Å². The number of nitrogens with zero attached hydrogens (tertiary/aromatic N) is 5. The molecule has 2 amide bonds. The summed E-state index contributed by atoms with van der Waals surface area (Å²) in [7, 11) is 1.84. The standard InChI is InChI=1S/C30H33F3N6O3/c1-37-16-11-29(27(37)41)12-17-38(18-13-29)23-8-7-22(19-34-23)35-26(40)24-25(30(31,32)33)36-28(42-24)39-14-9-21(10-15-39)20-5-3-2-4-6-20/h2-8,19,21H,9-18H2,1H3,(H,35,40). The van der Waals surface area contributed by atoms with Crippen molar-refractivity contribution in [2.75, 3.05) is 54.9 Å². The first-order valence-corrected chi connectivity index (χ1v) is 14.3. The minimum atomic E-state index is -4.86. The Balaban J connectivity index is 1.10. The number of pyridine rings is 1. The number of carbonyl (C=O) groups is 2. The number of amides is 2. The third-order valence-corrected chi connectivity index (χ3v) is 8.90. The molecule has 5 heterocycles. The van der Waals surface area contributed by atoms with Crippen molar-refractivity contribution in [3.8, 4) is 0 Å². The maximum atomic E-state index is 13.9. The number of oxazole rings is 1. The van der Waals surface area contributed by atoms with E-state index in [9.17, 15) is 22.8 Å². The Morgan fingerprint density at radius 3 is 2.26 bits per heavy atom. The molecule has 3 saturated heterocycles. The molecular weight excluding hydrogens is 549 g/mol. The van der Waals surface area contributed by atoms with Gasteiger partial charge >= 0.3 is 6.18 Å². The number of anilines is 3. The Bertz CT molecular complexity index is 1430. The fourth-order valence-electron chi connectivity index (χ4n) is 6.38. The molecule has 0 atom stereocenters. The molecule has 0 radical (unpaired) electrons. The van der Waals surface area contributed by atoms with Crippen molar-refractivity contribution in [1.82, 2.24) is 14.9 Å². The average molecular weight is 583 g/mol. The van der Waals surface area contributed by atoms with Crippen LogP contribution in [-0.4, -0.2) is 66.5 Å². The van der Waals surface area contributed by atoms with E-state index in [1.807, 2.05) is 25.2 Å². The number of piperidine rings is 2. The maximum Gasteiger partial charge on any atom is 0.437 e. The number of carbonyl (C=O) groups excluding carboxylic acids is 2. The van der Waals surface area contributed by atoms with Crippen LogP contribution in [0, 0.1) is 5.41 Å². The first-order chi connectivity index (χ1) is 20.1. The molecule has 1 aromatic carbocycles. The lowest BCUT2D eigenvalue weighted by molar-refractivity contribution is -0.141. The van der Waals surface area contributed by atoms with Crippen molar-refractivity contribution in [3.05, 3.63) is 65.7 Å². The maximum absolute atomic E-state index is 13.9. The second-order valence-corrected chi connectivity index (χ2v) is 11.4. The van der Waals surface area contributed by atoms with Crippen LogP contribution in [0.15, 0.2) is 53.1 Å². The van der Waals surface area contributed by atoms with Gasteiger partial charge in [-0.05, 0) is 55.7 Å². The smallest absolute Gasteiger partial charge is 0.417 e. The van der Waals surface area contributed by atoms with Crippen LogP contribution in [-0.2, 0) is 11.0 Å². The van der Waals surface area contributed by atoms with Crippen molar-refractivity contribution in [1.29, 1.82) is 0 Å². The molecule has 1 spiro atoms. The quantitative estimate of drug-likeness (QED) is 0.444. The van der Waals surface area contributed by atoms with Crippen LogP contribution in [0.5, 0.6) is 0 Å². The molecule has 3 aliphatic heterocycles. The van der Waals surface area contributed by atoms with Gasteiger partial charge in [0.2, 0.25) is 11.7 Å². The van der Waals surface area contributed by atoms with Gasteiger partial charge in [-0.15, -0.1) is 0 Å². The van der Waals surface area contributed by atoms with Crippen LogP contribution in [0.1, 0.15) is 59.8 Å². The Hall–Kier alpha value is -4.09. The summed E-state index contributed by atoms with van der Waals surface area (Å²) in [6.45, 7) is 3.06. The molecule has 12 heteroatoms. The Labute approximate surface area is 241 Å². The largest absolute Gasteiger partial charge is 0.437 e. The zero-order valence-electron chi connectivity index (χ0n) is 23.4. The average Bonchev–Trinajstić information content (AvgIpc) is 3.58. The van der Waals surface area contributed by atoms with Crippen LogP contribution < -0.4 is 15.1 Å². The Kier molecular flexibility index (Phi) is 7.32. The predicted octanol–water partition coefficient (Wildman–Crippen LogP) is 5.17. The van der Waals surface area contributed by atoms with Crippen LogP contribution >= 0.6 is 0 Å². The lowest BCUT2D eigenvalue weighted by atomic mass is 9.77. The monoisotopic (exact) mass is 582 g/mol. The third-order valence-electron chi connectivity index (χ3n) is 8.90. The summed E-state index contributed by atoms with van der Waals surface area (Å²) >= 11 is 0. The third kappa shape index (κ3) is 5.41. The van der Waals surface area contributed by atoms with Gasteiger partial charge in [0.25, 0.3) is 11.9 Å². The molecule has 3 aliphatic rings. The SMILES string of the molecule is CN1CCC2(CCN(c3ccc(NC(=O)c4oc(N5CCC(c6ccccc6)CC5)nc4C(F)(F)F)cn3)CC2)C1=O. The van der Waals surface area contributed by atoms with Gasteiger partial charge in [0, 0.05) is 39.8 Å². The molecule has 6 rings (SSSR count). The van der Waals surface area contributed by atoms with Crippen LogP contribution in [0.4, 0.5) is 30.7 Å². The Morgan fingerprint density at radius 1 is 0.976 bits per heavy atom. The second kappa shape index (κ2) is 11.0. The number of hydrogen-bond donors (Lipinski definition) is 1. The molecule has 0 bridgehead atoms. The van der Waals surface area contributed by atoms with E-state index in [-0.39, 0.29) is 23.0 Å². The number of benzene rings is 1. The van der Waals surface area contributed by atoms with E-state index < -0.39 is 23.5 Å². The normalized spacial score (nSPS) is 19.5. The van der Waals surface area contributed by atoms with Gasteiger partial charge < -0.3 is 24.4 Å². The van der Waals surface area contributed by atoms with Crippen LogP contribution in [0.25, 0.3) is 0 Å². The van der Waals surface area contributed by atoms with Gasteiger partial charge in [-0.2, -0.15) is 18.2 Å². The van der Waals surface area contributed by atoms with E-state index in [2.05, 4.69) is 32.3 Å². The summed E-state index contributed by atoms with van der Waals surface area (Å²) in [5.41, 5.74) is -0.205. The van der Waals surface area contributed by atoms with E-state index in [1.165, 1.54) is 11.8 Å². The Morgan fingerprint density at radius 2 is 1.67 bits per heavy atom. The summed E-state index contributed by atoms with van der Waals surface area (Å²) < 4.78 is 47.0. The van der Waals surface area contributed by atoms with Gasteiger partial charge in [0.15, 0.2) is 5.69 Å². The molecule has 42 heavy (non-hydrogen) atoms. The number of rotatable bonds is 5. The first-order valence-electron chi connectivity index (χ1n) is 14.3. The molecule has 1 N–H and O–H groups in total.